The largest absolute Gasteiger partial charge is 0.355 e. The third-order valence-corrected chi connectivity index (χ3v) is 4.95. The molecule has 0 aromatic heterocycles. The second-order valence-electron chi connectivity index (χ2n) is 6.85. The van der Waals surface area contributed by atoms with Crippen LogP contribution in [0.3, 0.4) is 0 Å². The third-order valence-electron chi connectivity index (χ3n) is 4.95. The normalized spacial score (nSPS) is 15.3. The highest BCUT2D eigenvalue weighted by molar-refractivity contribution is 14.0. The number of carbonyl (C=O) groups excluding carboxylic acids is 1. The van der Waals surface area contributed by atoms with Gasteiger partial charge in [-0.1, -0.05) is 31.2 Å². The number of halogens is 1. The standard InChI is InChI=1S/C20H33N5O.HI/c1-5-18-6-8-19(9-7-18)16-23(4)20(21-3)22-10-11-24-12-14-25(15-13-24)17(2)26;/h6-9H,5,10-16H2,1-4H3,(H,21,22);1H. The SMILES string of the molecule is CCc1ccc(CN(C)C(=NC)NCCN2CCN(C(C)=O)CC2)cc1.I. The van der Waals surface area contributed by atoms with E-state index in [1.165, 1.54) is 11.1 Å². The van der Waals surface area contributed by atoms with Crippen LogP contribution in [0.5, 0.6) is 0 Å². The molecule has 1 fully saturated rings. The zero-order valence-corrected chi connectivity index (χ0v) is 19.4. The Kier molecular flexibility index (Phi) is 10.7. The van der Waals surface area contributed by atoms with Crippen molar-refractivity contribution in [2.45, 2.75) is 26.8 Å². The van der Waals surface area contributed by atoms with Gasteiger partial charge in [-0.3, -0.25) is 14.7 Å². The Balaban J connectivity index is 0.00000364. The van der Waals surface area contributed by atoms with Gasteiger partial charge in [0.25, 0.3) is 0 Å². The van der Waals surface area contributed by atoms with Crippen molar-refractivity contribution in [3.63, 3.8) is 0 Å². The summed E-state index contributed by atoms with van der Waals surface area (Å²) in [6, 6.07) is 8.77. The summed E-state index contributed by atoms with van der Waals surface area (Å²) in [6.07, 6.45) is 1.07. The number of amides is 1. The van der Waals surface area contributed by atoms with E-state index >= 15 is 0 Å². The molecule has 1 saturated heterocycles. The van der Waals surface area contributed by atoms with E-state index in [9.17, 15) is 4.79 Å². The summed E-state index contributed by atoms with van der Waals surface area (Å²) in [4.78, 5) is 22.2. The molecule has 1 aromatic rings. The molecular weight excluding hydrogens is 453 g/mol. The molecule has 152 valence electrons. The minimum Gasteiger partial charge on any atom is -0.355 e. The van der Waals surface area contributed by atoms with E-state index in [2.05, 4.69) is 58.3 Å². The number of hydrogen-bond acceptors (Lipinski definition) is 3. The van der Waals surface area contributed by atoms with Gasteiger partial charge in [0.1, 0.15) is 0 Å². The highest BCUT2D eigenvalue weighted by atomic mass is 127. The molecule has 1 N–H and O–H groups in total. The van der Waals surface area contributed by atoms with Gasteiger partial charge in [0.15, 0.2) is 5.96 Å². The lowest BCUT2D eigenvalue weighted by Crippen LogP contribution is -2.50. The molecule has 0 aliphatic carbocycles. The van der Waals surface area contributed by atoms with Crippen LogP contribution in [0.15, 0.2) is 29.3 Å². The molecular formula is C20H34IN5O. The molecule has 27 heavy (non-hydrogen) atoms. The highest BCUT2D eigenvalue weighted by Crippen LogP contribution is 2.07. The van der Waals surface area contributed by atoms with Crippen molar-refractivity contribution in [3.8, 4) is 0 Å². The van der Waals surface area contributed by atoms with Gasteiger partial charge in [-0.25, -0.2) is 0 Å². The Morgan fingerprint density at radius 3 is 2.26 bits per heavy atom. The van der Waals surface area contributed by atoms with Crippen molar-refractivity contribution in [2.24, 2.45) is 4.99 Å². The molecule has 0 atom stereocenters. The van der Waals surface area contributed by atoms with Crippen LogP contribution in [0.2, 0.25) is 0 Å². The predicted molar refractivity (Wildman–Crippen MR) is 123 cm³/mol. The summed E-state index contributed by atoms with van der Waals surface area (Å²) < 4.78 is 0. The first kappa shape index (κ1) is 23.7. The second kappa shape index (κ2) is 12.2. The molecule has 0 spiro atoms. The first-order valence-electron chi connectivity index (χ1n) is 9.51. The molecule has 0 unspecified atom stereocenters. The Hall–Kier alpha value is -1.35. The van der Waals surface area contributed by atoms with Crippen molar-refractivity contribution in [1.82, 2.24) is 20.0 Å². The average molecular weight is 487 g/mol. The second-order valence-corrected chi connectivity index (χ2v) is 6.85. The molecule has 0 saturated carbocycles. The Labute approximate surface area is 181 Å². The molecule has 0 bridgehead atoms. The van der Waals surface area contributed by atoms with Crippen molar-refractivity contribution < 1.29 is 4.79 Å². The van der Waals surface area contributed by atoms with Gasteiger partial charge in [-0.15, -0.1) is 24.0 Å². The Morgan fingerprint density at radius 2 is 1.74 bits per heavy atom. The lowest BCUT2D eigenvalue weighted by molar-refractivity contribution is -0.130. The zero-order valence-electron chi connectivity index (χ0n) is 17.1. The lowest BCUT2D eigenvalue weighted by Gasteiger charge is -2.34. The molecule has 1 heterocycles. The third kappa shape index (κ3) is 7.65. The van der Waals surface area contributed by atoms with Crippen LogP contribution in [-0.4, -0.2) is 79.9 Å². The van der Waals surface area contributed by atoms with Gasteiger partial charge in [-0.2, -0.15) is 0 Å². The van der Waals surface area contributed by atoms with Crippen molar-refractivity contribution >= 4 is 35.8 Å². The maximum atomic E-state index is 11.4. The topological polar surface area (TPSA) is 51.2 Å². The number of rotatable bonds is 6. The molecule has 1 aliphatic heterocycles. The van der Waals surface area contributed by atoms with Crippen molar-refractivity contribution in [2.75, 3.05) is 53.4 Å². The number of piperazine rings is 1. The highest BCUT2D eigenvalue weighted by Gasteiger charge is 2.18. The number of aryl methyl sites for hydroxylation is 1. The van der Waals surface area contributed by atoms with Crippen molar-refractivity contribution in [3.05, 3.63) is 35.4 Å². The molecule has 1 aromatic carbocycles. The molecule has 7 heteroatoms. The molecule has 2 rings (SSSR count). The Bertz CT molecular complexity index is 597. The van der Waals surface area contributed by atoms with Crippen LogP contribution >= 0.6 is 24.0 Å². The van der Waals surface area contributed by atoms with Crippen LogP contribution in [0.1, 0.15) is 25.0 Å². The van der Waals surface area contributed by atoms with E-state index in [-0.39, 0.29) is 29.9 Å². The van der Waals surface area contributed by atoms with Crippen LogP contribution in [0.25, 0.3) is 0 Å². The summed E-state index contributed by atoms with van der Waals surface area (Å²) >= 11 is 0. The minimum atomic E-state index is 0. The van der Waals surface area contributed by atoms with E-state index in [1.54, 1.807) is 6.92 Å². The molecule has 1 amide bonds. The number of guanidine groups is 1. The quantitative estimate of drug-likeness (QED) is 0.379. The average Bonchev–Trinajstić information content (AvgIpc) is 2.66. The van der Waals surface area contributed by atoms with Crippen LogP contribution in [0, 0.1) is 0 Å². The summed E-state index contributed by atoms with van der Waals surface area (Å²) in [5.41, 5.74) is 2.65. The van der Waals surface area contributed by atoms with Gasteiger partial charge in [0.05, 0.1) is 0 Å². The number of nitrogens with one attached hydrogen (secondary N) is 1. The van der Waals surface area contributed by atoms with E-state index in [0.717, 1.165) is 58.2 Å². The number of benzene rings is 1. The van der Waals surface area contributed by atoms with E-state index in [0.29, 0.717) is 0 Å². The summed E-state index contributed by atoms with van der Waals surface area (Å²) in [7, 11) is 3.89. The van der Waals surface area contributed by atoms with E-state index in [1.807, 2.05) is 11.9 Å². The minimum absolute atomic E-state index is 0. The lowest BCUT2D eigenvalue weighted by atomic mass is 10.1. The number of nitrogens with zero attached hydrogens (tertiary/aromatic N) is 4. The number of carbonyl (C=O) groups is 1. The summed E-state index contributed by atoms with van der Waals surface area (Å²) in [5.74, 6) is 1.09. The van der Waals surface area contributed by atoms with E-state index in [4.69, 9.17) is 0 Å². The van der Waals surface area contributed by atoms with Gasteiger partial charge < -0.3 is 15.1 Å². The van der Waals surface area contributed by atoms with Crippen LogP contribution < -0.4 is 5.32 Å². The first-order chi connectivity index (χ1) is 12.5. The fourth-order valence-corrected chi connectivity index (χ4v) is 3.23. The van der Waals surface area contributed by atoms with Gasteiger partial charge in [0, 0.05) is 66.8 Å². The maximum Gasteiger partial charge on any atom is 0.219 e. The summed E-state index contributed by atoms with van der Waals surface area (Å²) in [6.45, 7) is 10.0. The van der Waals surface area contributed by atoms with E-state index < -0.39 is 0 Å². The Morgan fingerprint density at radius 1 is 1.15 bits per heavy atom. The number of hydrogen-bond donors (Lipinski definition) is 1. The van der Waals surface area contributed by atoms with Gasteiger partial charge in [0.2, 0.25) is 5.91 Å². The van der Waals surface area contributed by atoms with Gasteiger partial charge >= 0.3 is 0 Å². The molecule has 0 radical (unpaired) electrons. The van der Waals surface area contributed by atoms with Crippen LogP contribution in [-0.2, 0) is 17.8 Å². The van der Waals surface area contributed by atoms with Crippen LogP contribution in [0.4, 0.5) is 0 Å². The number of aliphatic imine (C=N–C) groups is 1. The monoisotopic (exact) mass is 487 g/mol. The molecule has 6 nitrogen and oxygen atoms in total. The van der Waals surface area contributed by atoms with Gasteiger partial charge in [-0.05, 0) is 17.5 Å². The maximum absolute atomic E-state index is 11.4. The summed E-state index contributed by atoms with van der Waals surface area (Å²) in [5, 5.41) is 3.45. The zero-order chi connectivity index (χ0) is 18.9. The predicted octanol–water partition coefficient (Wildman–Crippen LogP) is 2.04. The molecule has 1 aliphatic rings. The fraction of sp³-hybridized carbons (Fsp3) is 0.600. The fourth-order valence-electron chi connectivity index (χ4n) is 3.23. The smallest absolute Gasteiger partial charge is 0.219 e. The first-order valence-corrected chi connectivity index (χ1v) is 9.51. The van der Waals surface area contributed by atoms with Crippen molar-refractivity contribution in [1.29, 1.82) is 0 Å².